The molecule has 4 heterocycles. The van der Waals surface area contributed by atoms with Crippen molar-refractivity contribution in [2.75, 3.05) is 53.0 Å². The summed E-state index contributed by atoms with van der Waals surface area (Å²) >= 11 is 0. The number of carbonyl (C=O) groups is 2. The monoisotopic (exact) mass is 372 g/mol. The average Bonchev–Trinajstić information content (AvgIpc) is 3.22. The van der Waals surface area contributed by atoms with Crippen molar-refractivity contribution < 1.29 is 14.3 Å². The van der Waals surface area contributed by atoms with E-state index in [4.69, 9.17) is 4.74 Å². The summed E-state index contributed by atoms with van der Waals surface area (Å²) in [6, 6.07) is 3.53. The predicted octanol–water partition coefficient (Wildman–Crippen LogP) is 0.772. The van der Waals surface area contributed by atoms with Crippen LogP contribution < -0.4 is 5.32 Å². The molecule has 0 bridgehead atoms. The minimum Gasteiger partial charge on any atom is -0.383 e. The van der Waals surface area contributed by atoms with E-state index in [1.54, 1.807) is 31.6 Å². The zero-order valence-electron chi connectivity index (χ0n) is 15.9. The number of pyridine rings is 1. The number of nitrogens with zero attached hydrogens (tertiary/aromatic N) is 3. The van der Waals surface area contributed by atoms with E-state index in [1.165, 1.54) is 0 Å². The van der Waals surface area contributed by atoms with E-state index in [1.807, 2.05) is 4.90 Å². The number of amides is 2. The SMILES string of the molecule is COCCN1CC2(CCN(C(=O)c3ccncc3)CC2)C2(CCNC2=O)C1. The zero-order valence-corrected chi connectivity index (χ0v) is 15.9. The summed E-state index contributed by atoms with van der Waals surface area (Å²) in [7, 11) is 1.72. The van der Waals surface area contributed by atoms with Gasteiger partial charge in [0.15, 0.2) is 0 Å². The fraction of sp³-hybridized carbons (Fsp3) is 0.650. The maximum absolute atomic E-state index is 12.9. The quantitative estimate of drug-likeness (QED) is 0.845. The lowest BCUT2D eigenvalue weighted by Crippen LogP contribution is -2.53. The molecular formula is C20H28N4O3. The van der Waals surface area contributed by atoms with Crippen molar-refractivity contribution in [3.8, 4) is 0 Å². The van der Waals surface area contributed by atoms with Crippen molar-refractivity contribution in [3.05, 3.63) is 30.1 Å². The van der Waals surface area contributed by atoms with E-state index < -0.39 is 0 Å². The molecule has 0 aromatic carbocycles. The van der Waals surface area contributed by atoms with Crippen molar-refractivity contribution in [1.82, 2.24) is 20.1 Å². The van der Waals surface area contributed by atoms with Gasteiger partial charge in [-0.05, 0) is 31.4 Å². The number of methoxy groups -OCH3 is 1. The summed E-state index contributed by atoms with van der Waals surface area (Å²) in [6.45, 7) is 5.43. The van der Waals surface area contributed by atoms with Gasteiger partial charge in [0.25, 0.3) is 5.91 Å². The number of aromatic nitrogens is 1. The fourth-order valence-electron chi connectivity index (χ4n) is 5.34. The van der Waals surface area contributed by atoms with Crippen LogP contribution >= 0.6 is 0 Å². The summed E-state index contributed by atoms with van der Waals surface area (Å²) in [5.74, 6) is 0.266. The molecule has 3 aliphatic rings. The summed E-state index contributed by atoms with van der Waals surface area (Å²) in [4.78, 5) is 34.0. The van der Waals surface area contributed by atoms with Crippen LogP contribution in [0.4, 0.5) is 0 Å². The van der Waals surface area contributed by atoms with Gasteiger partial charge in [0.2, 0.25) is 5.91 Å². The Bertz CT molecular complexity index is 702. The summed E-state index contributed by atoms with van der Waals surface area (Å²) in [5, 5.41) is 3.08. The molecular weight excluding hydrogens is 344 g/mol. The van der Waals surface area contributed by atoms with Gasteiger partial charge >= 0.3 is 0 Å². The molecule has 146 valence electrons. The second kappa shape index (κ2) is 7.20. The standard InChI is InChI=1S/C20H28N4O3/c1-27-13-12-23-14-19(20(15-23)4-9-22-18(20)26)5-10-24(11-6-19)17(25)16-2-7-21-8-3-16/h2-3,7-8H,4-6,9-15H2,1H3,(H,22,26). The number of likely N-dealkylation sites (tertiary alicyclic amines) is 2. The van der Waals surface area contributed by atoms with E-state index in [2.05, 4.69) is 15.2 Å². The van der Waals surface area contributed by atoms with E-state index in [0.29, 0.717) is 25.3 Å². The Labute approximate surface area is 160 Å². The third-order valence-corrected chi connectivity index (χ3v) is 6.85. The first-order chi connectivity index (χ1) is 13.1. The number of fused-ring (bicyclic) bond motifs is 1. The normalized spacial score (nSPS) is 27.4. The predicted molar refractivity (Wildman–Crippen MR) is 100 cm³/mol. The molecule has 1 aromatic rings. The summed E-state index contributed by atoms with van der Waals surface area (Å²) in [6.07, 6.45) is 5.96. The molecule has 3 fully saturated rings. The Hall–Kier alpha value is -1.99. The summed E-state index contributed by atoms with van der Waals surface area (Å²) in [5.41, 5.74) is 0.325. The van der Waals surface area contributed by atoms with Crippen molar-refractivity contribution >= 4 is 11.8 Å². The first-order valence-electron chi connectivity index (χ1n) is 9.79. The van der Waals surface area contributed by atoms with Gasteiger partial charge in [-0.1, -0.05) is 0 Å². The summed E-state index contributed by atoms with van der Waals surface area (Å²) < 4.78 is 5.25. The van der Waals surface area contributed by atoms with Gasteiger partial charge < -0.3 is 15.0 Å². The zero-order chi connectivity index (χ0) is 18.9. The van der Waals surface area contributed by atoms with E-state index in [9.17, 15) is 9.59 Å². The van der Waals surface area contributed by atoms with E-state index in [-0.39, 0.29) is 22.6 Å². The third-order valence-electron chi connectivity index (χ3n) is 6.85. The first kappa shape index (κ1) is 18.4. The van der Waals surface area contributed by atoms with Crippen LogP contribution in [0.3, 0.4) is 0 Å². The van der Waals surface area contributed by atoms with Gasteiger partial charge in [-0.3, -0.25) is 19.5 Å². The van der Waals surface area contributed by atoms with Gasteiger partial charge in [0.05, 0.1) is 12.0 Å². The number of ether oxygens (including phenoxy) is 1. The molecule has 27 heavy (non-hydrogen) atoms. The second-order valence-electron chi connectivity index (χ2n) is 8.10. The van der Waals surface area contributed by atoms with Crippen LogP contribution in [-0.2, 0) is 9.53 Å². The molecule has 1 N–H and O–H groups in total. The van der Waals surface area contributed by atoms with Gasteiger partial charge in [0.1, 0.15) is 0 Å². The van der Waals surface area contributed by atoms with Crippen molar-refractivity contribution in [2.45, 2.75) is 19.3 Å². The Balaban J connectivity index is 1.51. The number of piperidine rings is 1. The third kappa shape index (κ3) is 3.02. The van der Waals surface area contributed by atoms with E-state index >= 15 is 0 Å². The molecule has 2 spiro atoms. The van der Waals surface area contributed by atoms with Gasteiger partial charge in [0, 0.05) is 69.8 Å². The Morgan fingerprint density at radius 1 is 1.22 bits per heavy atom. The van der Waals surface area contributed by atoms with E-state index in [0.717, 1.165) is 45.4 Å². The fourth-order valence-corrected chi connectivity index (χ4v) is 5.34. The highest BCUT2D eigenvalue weighted by Gasteiger charge is 2.63. The number of nitrogens with one attached hydrogen (secondary N) is 1. The number of rotatable bonds is 4. The topological polar surface area (TPSA) is 74.8 Å². The average molecular weight is 372 g/mol. The highest BCUT2D eigenvalue weighted by Crippen LogP contribution is 2.56. The first-order valence-corrected chi connectivity index (χ1v) is 9.79. The van der Waals surface area contributed by atoms with Crippen LogP contribution in [0.15, 0.2) is 24.5 Å². The second-order valence-corrected chi connectivity index (χ2v) is 8.10. The smallest absolute Gasteiger partial charge is 0.253 e. The largest absolute Gasteiger partial charge is 0.383 e. The molecule has 0 aliphatic carbocycles. The van der Waals surface area contributed by atoms with Gasteiger partial charge in [-0.2, -0.15) is 0 Å². The molecule has 1 unspecified atom stereocenters. The highest BCUT2D eigenvalue weighted by atomic mass is 16.5. The molecule has 0 saturated carbocycles. The Morgan fingerprint density at radius 2 is 1.96 bits per heavy atom. The lowest BCUT2D eigenvalue weighted by atomic mass is 9.60. The van der Waals surface area contributed by atoms with Crippen LogP contribution in [0.5, 0.6) is 0 Å². The molecule has 3 saturated heterocycles. The molecule has 3 aliphatic heterocycles. The molecule has 1 aromatic heterocycles. The van der Waals surface area contributed by atoms with Crippen molar-refractivity contribution in [2.24, 2.45) is 10.8 Å². The van der Waals surface area contributed by atoms with Crippen LogP contribution in [0, 0.1) is 10.8 Å². The van der Waals surface area contributed by atoms with Crippen molar-refractivity contribution in [1.29, 1.82) is 0 Å². The Kier molecular flexibility index (Phi) is 4.90. The molecule has 2 amide bonds. The van der Waals surface area contributed by atoms with Crippen LogP contribution in [-0.4, -0.2) is 79.6 Å². The molecule has 4 rings (SSSR count). The van der Waals surface area contributed by atoms with Crippen molar-refractivity contribution in [3.63, 3.8) is 0 Å². The lowest BCUT2D eigenvalue weighted by Gasteiger charge is -2.46. The number of carbonyl (C=O) groups excluding carboxylic acids is 2. The highest BCUT2D eigenvalue weighted by molar-refractivity contribution is 5.94. The molecule has 7 heteroatoms. The van der Waals surface area contributed by atoms with Gasteiger partial charge in [-0.15, -0.1) is 0 Å². The van der Waals surface area contributed by atoms with Crippen LogP contribution in [0.25, 0.3) is 0 Å². The number of hydrogen-bond donors (Lipinski definition) is 1. The minimum absolute atomic E-state index is 0.0453. The Morgan fingerprint density at radius 3 is 2.59 bits per heavy atom. The number of hydrogen-bond acceptors (Lipinski definition) is 5. The molecule has 0 radical (unpaired) electrons. The maximum atomic E-state index is 12.9. The lowest BCUT2D eigenvalue weighted by molar-refractivity contribution is -0.133. The molecule has 7 nitrogen and oxygen atoms in total. The van der Waals surface area contributed by atoms with Crippen LogP contribution in [0.1, 0.15) is 29.6 Å². The minimum atomic E-state index is -0.313. The van der Waals surface area contributed by atoms with Gasteiger partial charge in [-0.25, -0.2) is 0 Å². The maximum Gasteiger partial charge on any atom is 0.253 e. The molecule has 1 atom stereocenters. The van der Waals surface area contributed by atoms with Crippen LogP contribution in [0.2, 0.25) is 0 Å².